The summed E-state index contributed by atoms with van der Waals surface area (Å²) in [6.45, 7) is 0. The monoisotopic (exact) mass is 274 g/mol. The van der Waals surface area contributed by atoms with E-state index in [-0.39, 0.29) is 11.1 Å². The Bertz CT molecular complexity index is 606. The minimum absolute atomic E-state index is 0.109. The average molecular weight is 274 g/mol. The van der Waals surface area contributed by atoms with Crippen molar-refractivity contribution in [1.82, 2.24) is 0 Å². The molecule has 102 valence electrons. The van der Waals surface area contributed by atoms with E-state index in [2.05, 4.69) is 0 Å². The van der Waals surface area contributed by atoms with Crippen molar-refractivity contribution in [2.24, 2.45) is 0 Å². The van der Waals surface area contributed by atoms with E-state index in [1.54, 1.807) is 12.1 Å². The van der Waals surface area contributed by atoms with Crippen molar-refractivity contribution in [2.75, 3.05) is 0 Å². The molecule has 2 aromatic carbocycles. The number of carboxylic acid groups (broad SMARTS) is 1. The molecule has 20 heavy (non-hydrogen) atoms. The number of carboxylic acids is 1. The van der Waals surface area contributed by atoms with Crippen LogP contribution in [0.25, 0.3) is 0 Å². The Labute approximate surface area is 114 Å². The normalized spacial score (nSPS) is 9.05. The van der Waals surface area contributed by atoms with E-state index in [4.69, 9.17) is 5.11 Å². The molecule has 0 fully saturated rings. The summed E-state index contributed by atoms with van der Waals surface area (Å²) in [6.07, 6.45) is 1.17. The first-order chi connectivity index (χ1) is 9.58. The fourth-order valence-corrected chi connectivity index (χ4v) is 1.27. The molecule has 0 bridgehead atoms. The summed E-state index contributed by atoms with van der Waals surface area (Å²) in [7, 11) is 0. The topological polar surface area (TPSA) is 71.4 Å². The molecular weight excluding hydrogens is 263 g/mol. The molecule has 0 unspecified atom stereocenters. The van der Waals surface area contributed by atoms with Gasteiger partial charge in [-0.3, -0.25) is 9.59 Å². The van der Waals surface area contributed by atoms with Crippen LogP contribution < -0.4 is 0 Å². The van der Waals surface area contributed by atoms with Crippen molar-refractivity contribution in [2.45, 2.75) is 0 Å². The summed E-state index contributed by atoms with van der Waals surface area (Å²) in [5.41, 5.74) is 0.781. The molecule has 1 N–H and O–H groups in total. The number of carbonyl (C=O) groups is 3. The Morgan fingerprint density at radius 3 is 1.95 bits per heavy atom. The van der Waals surface area contributed by atoms with E-state index < -0.39 is 11.8 Å². The Kier molecular flexibility index (Phi) is 5.77. The van der Waals surface area contributed by atoms with Gasteiger partial charge in [0.25, 0.3) is 0 Å². The molecule has 0 saturated heterocycles. The van der Waals surface area contributed by atoms with Gasteiger partial charge in [0.1, 0.15) is 12.1 Å². The lowest BCUT2D eigenvalue weighted by Gasteiger charge is -1.92. The van der Waals surface area contributed by atoms with Crippen LogP contribution >= 0.6 is 0 Å². The summed E-state index contributed by atoms with van der Waals surface area (Å²) >= 11 is 0. The number of carbonyl (C=O) groups excluding carboxylic acids is 2. The van der Waals surface area contributed by atoms with Gasteiger partial charge in [0.2, 0.25) is 0 Å². The molecular formula is C15H11FO4. The van der Waals surface area contributed by atoms with Gasteiger partial charge in [-0.25, -0.2) is 9.18 Å². The van der Waals surface area contributed by atoms with Crippen molar-refractivity contribution in [3.63, 3.8) is 0 Å². The zero-order chi connectivity index (χ0) is 15.0. The van der Waals surface area contributed by atoms with Crippen LogP contribution in [0.1, 0.15) is 31.1 Å². The quantitative estimate of drug-likeness (QED) is 0.873. The van der Waals surface area contributed by atoms with Crippen molar-refractivity contribution < 1.29 is 23.9 Å². The van der Waals surface area contributed by atoms with Gasteiger partial charge in [0, 0.05) is 5.56 Å². The molecule has 0 heterocycles. The van der Waals surface area contributed by atoms with Crippen LogP contribution in [0, 0.1) is 5.82 Å². The molecule has 0 aromatic heterocycles. The molecule has 0 aliphatic carbocycles. The third-order valence-electron chi connectivity index (χ3n) is 2.33. The lowest BCUT2D eigenvalue weighted by Crippen LogP contribution is -1.95. The number of hydrogen-bond acceptors (Lipinski definition) is 3. The van der Waals surface area contributed by atoms with E-state index in [1.807, 2.05) is 0 Å². The maximum absolute atomic E-state index is 12.4. The lowest BCUT2D eigenvalue weighted by atomic mass is 10.1. The van der Waals surface area contributed by atoms with Gasteiger partial charge in [-0.2, -0.15) is 0 Å². The predicted octanol–water partition coefficient (Wildman–Crippen LogP) is 2.84. The summed E-state index contributed by atoms with van der Waals surface area (Å²) in [5.74, 6) is -1.45. The molecule has 0 atom stereocenters. The molecule has 4 nitrogen and oxygen atoms in total. The fourth-order valence-electron chi connectivity index (χ4n) is 1.27. The number of rotatable bonds is 3. The number of hydrogen-bond donors (Lipinski definition) is 1. The summed E-state index contributed by atoms with van der Waals surface area (Å²) in [4.78, 5) is 30.4. The van der Waals surface area contributed by atoms with Crippen LogP contribution in [0.2, 0.25) is 0 Å². The zero-order valence-electron chi connectivity index (χ0n) is 10.3. The Morgan fingerprint density at radius 1 is 0.950 bits per heavy atom. The maximum Gasteiger partial charge on any atom is 0.335 e. The van der Waals surface area contributed by atoms with Gasteiger partial charge < -0.3 is 5.11 Å². The third-order valence-corrected chi connectivity index (χ3v) is 2.33. The van der Waals surface area contributed by atoms with E-state index in [0.29, 0.717) is 18.1 Å². The molecule has 0 radical (unpaired) electrons. The van der Waals surface area contributed by atoms with Crippen LogP contribution in [-0.2, 0) is 0 Å². The number of aldehydes is 2. The van der Waals surface area contributed by atoms with Crippen molar-refractivity contribution in [1.29, 1.82) is 0 Å². The molecule has 0 spiro atoms. The van der Waals surface area contributed by atoms with E-state index in [9.17, 15) is 18.8 Å². The van der Waals surface area contributed by atoms with Crippen molar-refractivity contribution in [3.05, 3.63) is 71.0 Å². The highest BCUT2D eigenvalue weighted by molar-refractivity contribution is 5.88. The molecule has 2 aromatic rings. The van der Waals surface area contributed by atoms with Gasteiger partial charge in [-0.1, -0.05) is 24.3 Å². The minimum atomic E-state index is -0.984. The Morgan fingerprint density at radius 2 is 1.55 bits per heavy atom. The van der Waals surface area contributed by atoms with Crippen LogP contribution in [0.5, 0.6) is 0 Å². The average Bonchev–Trinajstić information content (AvgIpc) is 2.48. The SMILES string of the molecule is O=Cc1ccc(C(=O)O)cc1.O=Cc1ccccc1F. The van der Waals surface area contributed by atoms with Gasteiger partial charge in [-0.15, -0.1) is 0 Å². The van der Waals surface area contributed by atoms with Crippen LogP contribution in [-0.4, -0.2) is 23.6 Å². The Balaban J connectivity index is 0.000000204. The highest BCUT2D eigenvalue weighted by atomic mass is 19.1. The summed E-state index contributed by atoms with van der Waals surface area (Å²) < 4.78 is 12.4. The van der Waals surface area contributed by atoms with Crippen LogP contribution in [0.15, 0.2) is 48.5 Å². The summed E-state index contributed by atoms with van der Waals surface area (Å²) in [5, 5.41) is 8.46. The molecule has 0 aliphatic heterocycles. The molecule has 0 saturated carbocycles. The van der Waals surface area contributed by atoms with Gasteiger partial charge >= 0.3 is 5.97 Å². The second kappa shape index (κ2) is 7.58. The number of benzene rings is 2. The largest absolute Gasteiger partial charge is 0.478 e. The maximum atomic E-state index is 12.4. The van der Waals surface area contributed by atoms with Crippen molar-refractivity contribution >= 4 is 18.5 Å². The highest BCUT2D eigenvalue weighted by Crippen LogP contribution is 2.02. The van der Waals surface area contributed by atoms with Crippen molar-refractivity contribution in [3.8, 4) is 0 Å². The highest BCUT2D eigenvalue weighted by Gasteiger charge is 1.99. The first kappa shape index (κ1) is 15.2. The number of halogens is 1. The zero-order valence-corrected chi connectivity index (χ0v) is 10.3. The van der Waals surface area contributed by atoms with Gasteiger partial charge in [0.05, 0.1) is 11.1 Å². The standard InChI is InChI=1S/C8H6O3.C7H5FO/c9-5-6-1-3-7(4-2-6)8(10)11;8-7-4-2-1-3-6(7)5-9/h1-5H,(H,10,11);1-5H. The minimum Gasteiger partial charge on any atom is -0.478 e. The lowest BCUT2D eigenvalue weighted by molar-refractivity contribution is 0.0696. The molecule has 0 aliphatic rings. The van der Waals surface area contributed by atoms with Crippen LogP contribution in [0.3, 0.4) is 0 Å². The first-order valence-corrected chi connectivity index (χ1v) is 5.56. The second-order valence-corrected chi connectivity index (χ2v) is 3.68. The first-order valence-electron chi connectivity index (χ1n) is 5.56. The Hall–Kier alpha value is -2.82. The van der Waals surface area contributed by atoms with Gasteiger partial charge in [0.15, 0.2) is 6.29 Å². The van der Waals surface area contributed by atoms with Crippen LogP contribution in [0.4, 0.5) is 4.39 Å². The fraction of sp³-hybridized carbons (Fsp3) is 0. The predicted molar refractivity (Wildman–Crippen MR) is 70.6 cm³/mol. The molecule has 0 amide bonds. The van der Waals surface area contributed by atoms with E-state index in [1.165, 1.54) is 36.4 Å². The number of aromatic carboxylic acids is 1. The third kappa shape index (κ3) is 4.45. The van der Waals surface area contributed by atoms with E-state index >= 15 is 0 Å². The molecule has 2 rings (SSSR count). The smallest absolute Gasteiger partial charge is 0.335 e. The van der Waals surface area contributed by atoms with E-state index in [0.717, 1.165) is 0 Å². The molecule has 5 heteroatoms. The summed E-state index contributed by atoms with van der Waals surface area (Å²) in [6, 6.07) is 11.6. The van der Waals surface area contributed by atoms with Gasteiger partial charge in [-0.05, 0) is 24.3 Å². The second-order valence-electron chi connectivity index (χ2n) is 3.68.